The molecular weight excluding hydrogens is 396 g/mol. The van der Waals surface area contributed by atoms with Crippen molar-refractivity contribution in [3.63, 3.8) is 0 Å². The molecule has 0 fully saturated rings. The summed E-state index contributed by atoms with van der Waals surface area (Å²) in [6.45, 7) is 1.58. The Morgan fingerprint density at radius 2 is 0.879 bits per heavy atom. The summed E-state index contributed by atoms with van der Waals surface area (Å²) in [6, 6.07) is 20.6. The lowest BCUT2D eigenvalue weighted by Crippen LogP contribution is -1.90. The van der Waals surface area contributed by atoms with Gasteiger partial charge in [-0.3, -0.25) is 0 Å². The predicted octanol–water partition coefficient (Wildman–Crippen LogP) is 9.30. The SMILES string of the molecule is [2H]c1c([2H])c([2H])c(-c2c3ccccc3c(-c3ccc(-c4c([2H])c([2H])c(C)c([2H])c4[2H])cc3)c3ccccc23)c([2H])c1[2H]. The van der Waals surface area contributed by atoms with Gasteiger partial charge in [-0.15, -0.1) is 0 Å². The van der Waals surface area contributed by atoms with Gasteiger partial charge in [0.15, 0.2) is 0 Å². The quantitative estimate of drug-likeness (QED) is 0.246. The second kappa shape index (κ2) is 8.07. The van der Waals surface area contributed by atoms with Crippen molar-refractivity contribution in [3.05, 3.63) is 133 Å². The Balaban J connectivity index is 1.65. The Morgan fingerprint density at radius 1 is 0.424 bits per heavy atom. The molecule has 0 saturated heterocycles. The van der Waals surface area contributed by atoms with Crippen molar-refractivity contribution in [2.24, 2.45) is 0 Å². The predicted molar refractivity (Wildman–Crippen MR) is 142 cm³/mol. The largest absolute Gasteiger partial charge is 0.0629 e. The first-order valence-electron chi connectivity index (χ1n) is 15.2. The third kappa shape index (κ3) is 3.41. The smallest absolute Gasteiger partial charge is 0.0622 e. The van der Waals surface area contributed by atoms with E-state index in [0.717, 1.165) is 32.7 Å². The third-order valence-electron chi connectivity index (χ3n) is 5.89. The molecule has 6 aromatic rings. The van der Waals surface area contributed by atoms with Gasteiger partial charge >= 0.3 is 0 Å². The number of rotatable bonds is 3. The highest BCUT2D eigenvalue weighted by Gasteiger charge is 2.16. The van der Waals surface area contributed by atoms with Crippen molar-refractivity contribution >= 4 is 21.5 Å². The Kier molecular flexibility index (Phi) is 2.98. The van der Waals surface area contributed by atoms with E-state index in [9.17, 15) is 0 Å². The second-order valence-corrected chi connectivity index (χ2v) is 7.92. The minimum Gasteiger partial charge on any atom is -0.0622 e. The standard InChI is InChI=1S/C33H24/c1-23-15-17-24(18-16-23)25-19-21-27(22-20-25)33-30-13-7-5-11-28(30)32(26-9-3-2-4-10-26)29-12-6-8-14-31(29)33/h2-22H,1H3/i2D,3D,4D,9D,10D,15D,16D,17D,18D. The van der Waals surface area contributed by atoms with Crippen molar-refractivity contribution in [2.45, 2.75) is 6.92 Å². The van der Waals surface area contributed by atoms with E-state index >= 15 is 0 Å². The molecule has 0 atom stereocenters. The Labute approximate surface area is 207 Å². The molecule has 0 aliphatic carbocycles. The fourth-order valence-corrected chi connectivity index (χ4v) is 4.41. The van der Waals surface area contributed by atoms with Gasteiger partial charge in [0.1, 0.15) is 0 Å². The van der Waals surface area contributed by atoms with Crippen molar-refractivity contribution in [1.29, 1.82) is 0 Å². The van der Waals surface area contributed by atoms with E-state index in [1.807, 2.05) is 60.7 Å². The highest BCUT2D eigenvalue weighted by molar-refractivity contribution is 6.21. The first-order chi connectivity index (χ1) is 20.0. The van der Waals surface area contributed by atoms with Gasteiger partial charge < -0.3 is 0 Å². The van der Waals surface area contributed by atoms with Crippen LogP contribution in [0.15, 0.2) is 127 Å². The Morgan fingerprint density at radius 3 is 1.39 bits per heavy atom. The average molecular weight is 430 g/mol. The molecule has 6 rings (SSSR count). The summed E-state index contributed by atoms with van der Waals surface area (Å²) in [6.07, 6.45) is 0. The number of benzene rings is 6. The number of fused-ring (bicyclic) bond motifs is 2. The van der Waals surface area contributed by atoms with Crippen LogP contribution in [0.1, 0.15) is 17.9 Å². The molecule has 0 amide bonds. The van der Waals surface area contributed by atoms with Crippen LogP contribution in [0, 0.1) is 6.92 Å². The van der Waals surface area contributed by atoms with Gasteiger partial charge in [0, 0.05) is 0 Å². The molecule has 0 unspecified atom stereocenters. The van der Waals surface area contributed by atoms with Crippen molar-refractivity contribution in [2.75, 3.05) is 0 Å². The summed E-state index contributed by atoms with van der Waals surface area (Å²) >= 11 is 0. The second-order valence-electron chi connectivity index (χ2n) is 7.92. The van der Waals surface area contributed by atoms with Crippen LogP contribution >= 0.6 is 0 Å². The zero-order chi connectivity index (χ0) is 30.0. The topological polar surface area (TPSA) is 0 Å². The molecule has 0 spiro atoms. The molecule has 156 valence electrons. The lowest BCUT2D eigenvalue weighted by molar-refractivity contribution is 1.47. The van der Waals surface area contributed by atoms with Crippen molar-refractivity contribution in [1.82, 2.24) is 0 Å². The monoisotopic (exact) mass is 429 g/mol. The van der Waals surface area contributed by atoms with Gasteiger partial charge in [0.2, 0.25) is 0 Å². The molecule has 0 aliphatic rings. The molecule has 0 saturated carbocycles. The van der Waals surface area contributed by atoms with Gasteiger partial charge in [0.25, 0.3) is 0 Å². The molecule has 0 nitrogen and oxygen atoms in total. The zero-order valence-corrected chi connectivity index (χ0v) is 17.9. The average Bonchev–Trinajstić information content (AvgIpc) is 3.01. The van der Waals surface area contributed by atoms with E-state index in [1.54, 1.807) is 19.1 Å². The van der Waals surface area contributed by atoms with Gasteiger partial charge in [-0.2, -0.15) is 0 Å². The molecule has 0 aliphatic heterocycles. The summed E-state index contributed by atoms with van der Waals surface area (Å²) in [7, 11) is 0. The first kappa shape index (κ1) is 12.2. The first-order valence-corrected chi connectivity index (χ1v) is 10.7. The lowest BCUT2D eigenvalue weighted by Gasteiger charge is -2.18. The van der Waals surface area contributed by atoms with Crippen LogP contribution in [0.25, 0.3) is 54.9 Å². The lowest BCUT2D eigenvalue weighted by atomic mass is 9.86. The molecule has 0 aromatic heterocycles. The maximum atomic E-state index is 8.69. The van der Waals surface area contributed by atoms with Crippen LogP contribution < -0.4 is 0 Å². The van der Waals surface area contributed by atoms with Crippen LogP contribution in [0.2, 0.25) is 0 Å². The van der Waals surface area contributed by atoms with E-state index in [-0.39, 0.29) is 59.5 Å². The van der Waals surface area contributed by atoms with E-state index < -0.39 is 6.04 Å². The minimum absolute atomic E-state index is 0.0599. The molecule has 0 radical (unpaired) electrons. The van der Waals surface area contributed by atoms with Gasteiger partial charge in [-0.1, -0.05) is 133 Å². The maximum absolute atomic E-state index is 8.69. The molecule has 6 aromatic carbocycles. The van der Waals surface area contributed by atoms with Gasteiger partial charge in [-0.05, 0) is 61.8 Å². The zero-order valence-electron chi connectivity index (χ0n) is 26.9. The summed E-state index contributed by atoms with van der Waals surface area (Å²) in [5.74, 6) is 0. The number of hydrogen-bond acceptors (Lipinski definition) is 0. The highest BCUT2D eigenvalue weighted by atomic mass is 14.2. The number of hydrogen-bond donors (Lipinski definition) is 0. The third-order valence-corrected chi connectivity index (χ3v) is 5.89. The van der Waals surface area contributed by atoms with E-state index in [1.165, 1.54) is 0 Å². The summed E-state index contributed by atoms with van der Waals surface area (Å²) in [5, 5.41) is 3.16. The van der Waals surface area contributed by atoms with Gasteiger partial charge in [-0.25, -0.2) is 0 Å². The summed E-state index contributed by atoms with van der Waals surface area (Å²) < 4.78 is 75.4. The van der Waals surface area contributed by atoms with Crippen molar-refractivity contribution < 1.29 is 12.3 Å². The maximum Gasteiger partial charge on any atom is 0.0629 e. The van der Waals surface area contributed by atoms with E-state index in [2.05, 4.69) is 0 Å². The summed E-state index contributed by atoms with van der Waals surface area (Å²) in [5.41, 5.74) is 3.59. The fraction of sp³-hybridized carbons (Fsp3) is 0.0303. The fourth-order valence-electron chi connectivity index (χ4n) is 4.41. The molecule has 0 heterocycles. The van der Waals surface area contributed by atoms with E-state index in [0.29, 0.717) is 16.7 Å². The molecule has 0 bridgehead atoms. The Hall–Kier alpha value is -4.16. The van der Waals surface area contributed by atoms with Crippen LogP contribution in [-0.4, -0.2) is 0 Å². The van der Waals surface area contributed by atoms with Gasteiger partial charge in [0.05, 0.1) is 12.3 Å². The highest BCUT2D eigenvalue weighted by Crippen LogP contribution is 2.43. The van der Waals surface area contributed by atoms with Crippen molar-refractivity contribution in [3.8, 4) is 33.4 Å². The summed E-state index contributed by atoms with van der Waals surface area (Å²) in [4.78, 5) is 0. The molecule has 0 N–H and O–H groups in total. The van der Waals surface area contributed by atoms with E-state index in [4.69, 9.17) is 12.3 Å². The Bertz CT molecular complexity index is 1970. The minimum atomic E-state index is -0.436. The normalized spacial score (nSPS) is 15.0. The van der Waals surface area contributed by atoms with Crippen LogP contribution in [0.4, 0.5) is 0 Å². The van der Waals surface area contributed by atoms with Crippen LogP contribution in [-0.2, 0) is 0 Å². The molecule has 0 heteroatoms. The van der Waals surface area contributed by atoms with Crippen LogP contribution in [0.5, 0.6) is 0 Å². The molecular formula is C33H24. The van der Waals surface area contributed by atoms with Crippen LogP contribution in [0.3, 0.4) is 0 Å². The molecule has 33 heavy (non-hydrogen) atoms.